The summed E-state index contributed by atoms with van der Waals surface area (Å²) in [5, 5.41) is 19.9. The molecule has 0 aliphatic heterocycles. The number of aromatic nitrogens is 3. The number of aliphatic hydroxyl groups is 1. The molecule has 0 fully saturated rings. The second-order valence-electron chi connectivity index (χ2n) is 4.75. The van der Waals surface area contributed by atoms with E-state index in [1.54, 1.807) is 18.3 Å². The van der Waals surface area contributed by atoms with Gasteiger partial charge in [0.2, 0.25) is 5.91 Å². The molecule has 7 heteroatoms. The minimum atomic E-state index is -0.200. The van der Waals surface area contributed by atoms with Crippen LogP contribution in [0.4, 0.5) is 5.69 Å². The number of hydrogen-bond acceptors (Lipinski definition) is 4. The average Bonchev–Trinajstić information content (AvgIpc) is 2.88. The second kappa shape index (κ2) is 7.19. The van der Waals surface area contributed by atoms with E-state index in [9.17, 15) is 4.79 Å². The lowest BCUT2D eigenvalue weighted by molar-refractivity contribution is -0.116. The smallest absolute Gasteiger partial charge is 0.246 e. The van der Waals surface area contributed by atoms with Crippen molar-refractivity contribution >= 4 is 23.2 Å². The Bertz CT molecular complexity index is 627. The van der Waals surface area contributed by atoms with Crippen LogP contribution in [0.25, 0.3) is 0 Å². The van der Waals surface area contributed by atoms with Gasteiger partial charge in [-0.2, -0.15) is 0 Å². The minimum Gasteiger partial charge on any atom is -0.396 e. The van der Waals surface area contributed by atoms with E-state index in [1.807, 2.05) is 13.0 Å². The monoisotopic (exact) mass is 308 g/mol. The third-order valence-corrected chi connectivity index (χ3v) is 3.35. The van der Waals surface area contributed by atoms with E-state index in [1.165, 1.54) is 4.68 Å². The zero-order chi connectivity index (χ0) is 15.2. The fourth-order valence-electron chi connectivity index (χ4n) is 1.81. The van der Waals surface area contributed by atoms with Gasteiger partial charge in [0.05, 0.1) is 5.69 Å². The lowest BCUT2D eigenvalue weighted by Crippen LogP contribution is -2.19. The van der Waals surface area contributed by atoms with Crippen LogP contribution in [0.5, 0.6) is 0 Å². The fourth-order valence-corrected chi connectivity index (χ4v) is 1.99. The lowest BCUT2D eigenvalue weighted by Gasteiger charge is -2.06. The van der Waals surface area contributed by atoms with Crippen molar-refractivity contribution in [2.24, 2.45) is 0 Å². The largest absolute Gasteiger partial charge is 0.396 e. The Morgan fingerprint density at radius 1 is 1.48 bits per heavy atom. The minimum absolute atomic E-state index is 0.0810. The first-order valence-corrected chi connectivity index (χ1v) is 7.02. The van der Waals surface area contributed by atoms with Gasteiger partial charge in [0, 0.05) is 23.5 Å². The number of carbonyl (C=O) groups is 1. The summed E-state index contributed by atoms with van der Waals surface area (Å²) >= 11 is 6.01. The molecule has 1 aromatic heterocycles. The molecule has 2 rings (SSSR count). The second-order valence-corrected chi connectivity index (χ2v) is 5.15. The Labute approximate surface area is 127 Å². The maximum Gasteiger partial charge on any atom is 0.246 e. The van der Waals surface area contributed by atoms with Crippen molar-refractivity contribution in [3.63, 3.8) is 0 Å². The van der Waals surface area contributed by atoms with Crippen LogP contribution in [0.1, 0.15) is 17.7 Å². The topological polar surface area (TPSA) is 80.0 Å². The predicted molar refractivity (Wildman–Crippen MR) is 80.2 cm³/mol. The van der Waals surface area contributed by atoms with Crippen LogP contribution in [0.3, 0.4) is 0 Å². The summed E-state index contributed by atoms with van der Waals surface area (Å²) < 4.78 is 1.47. The molecule has 6 nitrogen and oxygen atoms in total. The summed E-state index contributed by atoms with van der Waals surface area (Å²) in [6, 6.07) is 5.36. The highest BCUT2D eigenvalue weighted by atomic mass is 35.5. The van der Waals surface area contributed by atoms with E-state index in [4.69, 9.17) is 16.7 Å². The summed E-state index contributed by atoms with van der Waals surface area (Å²) in [7, 11) is 0. The van der Waals surface area contributed by atoms with Crippen molar-refractivity contribution in [1.82, 2.24) is 15.0 Å². The van der Waals surface area contributed by atoms with Gasteiger partial charge in [-0.3, -0.25) is 4.79 Å². The SMILES string of the molecule is Cc1ccc(NC(=O)Cn2cc(CCCO)nn2)cc1Cl. The first-order chi connectivity index (χ1) is 10.1. The fraction of sp³-hybridized carbons (Fsp3) is 0.357. The number of aryl methyl sites for hydroxylation is 2. The summed E-state index contributed by atoms with van der Waals surface area (Å²) in [5.74, 6) is -0.200. The van der Waals surface area contributed by atoms with Gasteiger partial charge >= 0.3 is 0 Å². The molecular weight excluding hydrogens is 292 g/mol. The number of amides is 1. The maximum atomic E-state index is 11.9. The highest BCUT2D eigenvalue weighted by Gasteiger charge is 2.07. The molecule has 112 valence electrons. The Morgan fingerprint density at radius 3 is 3.00 bits per heavy atom. The number of benzene rings is 1. The molecule has 0 spiro atoms. The van der Waals surface area contributed by atoms with Crippen LogP contribution < -0.4 is 5.32 Å². The molecule has 0 aliphatic rings. The lowest BCUT2D eigenvalue weighted by atomic mass is 10.2. The van der Waals surface area contributed by atoms with Crippen LogP contribution in [0.2, 0.25) is 5.02 Å². The summed E-state index contributed by atoms with van der Waals surface area (Å²) in [6.45, 7) is 2.09. The molecule has 1 aromatic carbocycles. The van der Waals surface area contributed by atoms with Gasteiger partial charge in [0.15, 0.2) is 0 Å². The van der Waals surface area contributed by atoms with Gasteiger partial charge in [0.25, 0.3) is 0 Å². The summed E-state index contributed by atoms with van der Waals surface area (Å²) in [4.78, 5) is 11.9. The van der Waals surface area contributed by atoms with Gasteiger partial charge in [-0.25, -0.2) is 4.68 Å². The Morgan fingerprint density at radius 2 is 2.29 bits per heavy atom. The van der Waals surface area contributed by atoms with E-state index in [0.717, 1.165) is 11.3 Å². The van der Waals surface area contributed by atoms with E-state index in [-0.39, 0.29) is 19.1 Å². The van der Waals surface area contributed by atoms with E-state index in [0.29, 0.717) is 23.6 Å². The molecule has 0 saturated carbocycles. The Hall–Kier alpha value is -1.92. The molecule has 0 bridgehead atoms. The quantitative estimate of drug-likeness (QED) is 0.853. The van der Waals surface area contributed by atoms with Gasteiger partial charge in [0.1, 0.15) is 6.54 Å². The molecule has 0 saturated heterocycles. The predicted octanol–water partition coefficient (Wildman–Crippen LogP) is 1.80. The highest BCUT2D eigenvalue weighted by Crippen LogP contribution is 2.19. The van der Waals surface area contributed by atoms with E-state index >= 15 is 0 Å². The zero-order valence-electron chi connectivity index (χ0n) is 11.7. The number of carbonyl (C=O) groups excluding carboxylic acids is 1. The average molecular weight is 309 g/mol. The highest BCUT2D eigenvalue weighted by molar-refractivity contribution is 6.31. The standard InChI is InChI=1S/C14H17ClN4O2/c1-10-4-5-11(7-13(10)15)16-14(21)9-19-8-12(17-18-19)3-2-6-20/h4-5,7-8,20H,2-3,6,9H2,1H3,(H,16,21). The zero-order valence-corrected chi connectivity index (χ0v) is 12.5. The molecule has 2 aromatic rings. The van der Waals surface area contributed by atoms with Gasteiger partial charge in [-0.15, -0.1) is 5.10 Å². The van der Waals surface area contributed by atoms with E-state index < -0.39 is 0 Å². The number of halogens is 1. The normalized spacial score (nSPS) is 10.6. The molecule has 0 unspecified atom stereocenters. The van der Waals surface area contributed by atoms with Crippen molar-refractivity contribution in [1.29, 1.82) is 0 Å². The van der Waals surface area contributed by atoms with Crippen molar-refractivity contribution in [3.05, 3.63) is 40.7 Å². The van der Waals surface area contributed by atoms with Crippen LogP contribution in [0, 0.1) is 6.92 Å². The van der Waals surface area contributed by atoms with Crippen LogP contribution in [0.15, 0.2) is 24.4 Å². The number of rotatable bonds is 6. The molecule has 0 atom stereocenters. The number of hydrogen-bond donors (Lipinski definition) is 2. The molecule has 1 amide bonds. The number of aliphatic hydroxyl groups excluding tert-OH is 1. The summed E-state index contributed by atoms with van der Waals surface area (Å²) in [6.07, 6.45) is 2.98. The van der Waals surface area contributed by atoms with Crippen molar-refractivity contribution < 1.29 is 9.90 Å². The van der Waals surface area contributed by atoms with Crippen molar-refractivity contribution in [2.75, 3.05) is 11.9 Å². The van der Waals surface area contributed by atoms with Gasteiger partial charge in [-0.05, 0) is 37.5 Å². The van der Waals surface area contributed by atoms with Crippen molar-refractivity contribution in [3.8, 4) is 0 Å². The third kappa shape index (κ3) is 4.54. The first-order valence-electron chi connectivity index (χ1n) is 6.64. The van der Waals surface area contributed by atoms with Gasteiger partial charge in [-0.1, -0.05) is 22.9 Å². The molecule has 1 heterocycles. The van der Waals surface area contributed by atoms with Crippen LogP contribution in [-0.2, 0) is 17.8 Å². The number of nitrogens with one attached hydrogen (secondary N) is 1. The number of anilines is 1. The van der Waals surface area contributed by atoms with Crippen molar-refractivity contribution in [2.45, 2.75) is 26.3 Å². The van der Waals surface area contributed by atoms with Crippen LogP contribution in [-0.4, -0.2) is 32.6 Å². The Balaban J connectivity index is 1.91. The maximum absolute atomic E-state index is 11.9. The van der Waals surface area contributed by atoms with Crippen LogP contribution >= 0.6 is 11.6 Å². The molecule has 0 aliphatic carbocycles. The first kappa shape index (κ1) is 15.5. The number of nitrogens with zero attached hydrogens (tertiary/aromatic N) is 3. The molecule has 21 heavy (non-hydrogen) atoms. The Kier molecular flexibility index (Phi) is 5.30. The van der Waals surface area contributed by atoms with E-state index in [2.05, 4.69) is 15.6 Å². The molecule has 2 N–H and O–H groups in total. The third-order valence-electron chi connectivity index (χ3n) is 2.94. The summed E-state index contributed by atoms with van der Waals surface area (Å²) in [5.41, 5.74) is 2.37. The molecular formula is C14H17ClN4O2. The molecule has 0 radical (unpaired) electrons. The van der Waals surface area contributed by atoms with Gasteiger partial charge < -0.3 is 10.4 Å².